The summed E-state index contributed by atoms with van der Waals surface area (Å²) in [4.78, 5) is 0. The Morgan fingerprint density at radius 1 is 0.833 bits per heavy atom. The molecule has 0 amide bonds. The van der Waals surface area contributed by atoms with Crippen LogP contribution >= 0.6 is 7.92 Å². The van der Waals surface area contributed by atoms with E-state index < -0.39 is 0 Å². The molecule has 1 fully saturated rings. The second kappa shape index (κ2) is 5.65. The lowest BCUT2D eigenvalue weighted by atomic mass is 10.3. The molecule has 1 atom stereocenters. The maximum absolute atomic E-state index is 3.51. The minimum atomic E-state index is -0.215. The molecule has 2 heteroatoms. The van der Waals surface area contributed by atoms with Crippen LogP contribution in [-0.4, -0.2) is 18.7 Å². The highest BCUT2D eigenvalue weighted by atomic mass is 31.1. The zero-order valence-corrected chi connectivity index (χ0v) is 11.3. The van der Waals surface area contributed by atoms with E-state index in [1.165, 1.54) is 23.6 Å². The van der Waals surface area contributed by atoms with Gasteiger partial charge in [-0.15, -0.1) is 0 Å². The summed E-state index contributed by atoms with van der Waals surface area (Å²) in [5, 5.41) is 6.52. The molecule has 2 aromatic rings. The van der Waals surface area contributed by atoms with Gasteiger partial charge < -0.3 is 5.32 Å². The third-order valence-electron chi connectivity index (χ3n) is 3.47. The van der Waals surface area contributed by atoms with E-state index >= 15 is 0 Å². The summed E-state index contributed by atoms with van der Waals surface area (Å²) in [7, 11) is -0.215. The van der Waals surface area contributed by atoms with Gasteiger partial charge in [-0.2, -0.15) is 0 Å². The van der Waals surface area contributed by atoms with E-state index in [-0.39, 0.29) is 7.92 Å². The highest BCUT2D eigenvalue weighted by molar-refractivity contribution is 7.73. The third-order valence-corrected chi connectivity index (χ3v) is 6.35. The van der Waals surface area contributed by atoms with Crippen molar-refractivity contribution in [2.24, 2.45) is 0 Å². The molecule has 0 aromatic heterocycles. The van der Waals surface area contributed by atoms with Crippen LogP contribution in [0.15, 0.2) is 60.7 Å². The van der Waals surface area contributed by atoms with E-state index in [1.807, 2.05) is 0 Å². The highest BCUT2D eigenvalue weighted by Gasteiger charge is 2.26. The first kappa shape index (κ1) is 11.9. The second-order valence-corrected chi connectivity index (χ2v) is 7.19. The van der Waals surface area contributed by atoms with Crippen molar-refractivity contribution in [3.63, 3.8) is 0 Å². The van der Waals surface area contributed by atoms with E-state index in [0.29, 0.717) is 0 Å². The smallest absolute Gasteiger partial charge is 0.00255 e. The summed E-state index contributed by atoms with van der Waals surface area (Å²) >= 11 is 0. The van der Waals surface area contributed by atoms with Crippen LogP contribution in [0.2, 0.25) is 0 Å². The van der Waals surface area contributed by atoms with E-state index in [9.17, 15) is 0 Å². The molecule has 18 heavy (non-hydrogen) atoms. The van der Waals surface area contributed by atoms with E-state index in [1.54, 1.807) is 0 Å². The maximum Gasteiger partial charge on any atom is 0.00255 e. The predicted molar refractivity (Wildman–Crippen MR) is 80.3 cm³/mol. The fourth-order valence-corrected chi connectivity index (χ4v) is 5.43. The van der Waals surface area contributed by atoms with Gasteiger partial charge in [0, 0.05) is 12.2 Å². The average molecular weight is 255 g/mol. The van der Waals surface area contributed by atoms with Gasteiger partial charge in [-0.1, -0.05) is 60.7 Å². The van der Waals surface area contributed by atoms with Crippen molar-refractivity contribution < 1.29 is 0 Å². The standard InChI is InChI=1S/C16H18NP/c1-3-7-14(8-4-1)18(16-11-12-17-13-16)15-9-5-2-6-10-15/h1-10,16-17H,11-13H2/t16-/m0/s1. The largest absolute Gasteiger partial charge is 0.316 e. The number of nitrogens with one attached hydrogen (secondary N) is 1. The van der Waals surface area contributed by atoms with Gasteiger partial charge in [-0.3, -0.25) is 0 Å². The van der Waals surface area contributed by atoms with Crippen molar-refractivity contribution in [3.8, 4) is 0 Å². The van der Waals surface area contributed by atoms with Crippen LogP contribution in [0.25, 0.3) is 0 Å². The number of hydrogen-bond donors (Lipinski definition) is 1. The van der Waals surface area contributed by atoms with Crippen LogP contribution < -0.4 is 15.9 Å². The second-order valence-electron chi connectivity index (χ2n) is 4.69. The Labute approximate surface area is 110 Å². The molecule has 2 aromatic carbocycles. The highest BCUT2D eigenvalue weighted by Crippen LogP contribution is 2.41. The molecule has 3 rings (SSSR count). The lowest BCUT2D eigenvalue weighted by Crippen LogP contribution is -2.23. The topological polar surface area (TPSA) is 12.0 Å². The molecule has 1 heterocycles. The fraction of sp³-hybridized carbons (Fsp3) is 0.250. The Bertz CT molecular complexity index is 437. The van der Waals surface area contributed by atoms with Gasteiger partial charge in [-0.05, 0) is 31.5 Å². The van der Waals surface area contributed by atoms with Crippen LogP contribution in [0.3, 0.4) is 0 Å². The Hall–Kier alpha value is -1.17. The Kier molecular flexibility index (Phi) is 3.73. The van der Waals surface area contributed by atoms with Gasteiger partial charge in [0.1, 0.15) is 0 Å². The molecule has 1 aliphatic rings. The summed E-state index contributed by atoms with van der Waals surface area (Å²) in [6.07, 6.45) is 1.30. The van der Waals surface area contributed by atoms with Crippen LogP contribution in [0, 0.1) is 0 Å². The molecule has 1 saturated heterocycles. The summed E-state index contributed by atoms with van der Waals surface area (Å²) < 4.78 is 0. The van der Waals surface area contributed by atoms with Gasteiger partial charge in [-0.25, -0.2) is 0 Å². The molecule has 1 nitrogen and oxygen atoms in total. The first-order valence-electron chi connectivity index (χ1n) is 6.55. The molecule has 0 aliphatic carbocycles. The SMILES string of the molecule is c1ccc(P(c2ccccc2)[C@H]2CCNC2)cc1. The maximum atomic E-state index is 3.51. The summed E-state index contributed by atoms with van der Waals surface area (Å²) in [6, 6.07) is 22.0. The van der Waals surface area contributed by atoms with Crippen LogP contribution in [0.1, 0.15) is 6.42 Å². The quantitative estimate of drug-likeness (QED) is 0.831. The van der Waals surface area contributed by atoms with Crippen molar-refractivity contribution in [1.29, 1.82) is 0 Å². The molecular weight excluding hydrogens is 237 g/mol. The zero-order chi connectivity index (χ0) is 12.2. The molecule has 92 valence electrons. The van der Waals surface area contributed by atoms with Crippen LogP contribution in [0.4, 0.5) is 0 Å². The molecule has 0 radical (unpaired) electrons. The molecular formula is C16H18NP. The Balaban J connectivity index is 1.98. The number of rotatable bonds is 3. The lowest BCUT2D eigenvalue weighted by molar-refractivity contribution is 0.858. The molecule has 1 N–H and O–H groups in total. The van der Waals surface area contributed by atoms with E-state index in [0.717, 1.165) is 12.2 Å². The van der Waals surface area contributed by atoms with Crippen molar-refractivity contribution in [1.82, 2.24) is 5.32 Å². The van der Waals surface area contributed by atoms with Crippen molar-refractivity contribution >= 4 is 18.5 Å². The van der Waals surface area contributed by atoms with Crippen molar-refractivity contribution in [3.05, 3.63) is 60.7 Å². The minimum absolute atomic E-state index is 0.215. The molecule has 0 saturated carbocycles. The van der Waals surface area contributed by atoms with Gasteiger partial charge in [0.25, 0.3) is 0 Å². The third kappa shape index (κ3) is 2.48. The number of hydrogen-bond acceptors (Lipinski definition) is 1. The van der Waals surface area contributed by atoms with Gasteiger partial charge in [0.2, 0.25) is 0 Å². The van der Waals surface area contributed by atoms with E-state index in [2.05, 4.69) is 66.0 Å². The first-order valence-corrected chi connectivity index (χ1v) is 7.96. The van der Waals surface area contributed by atoms with Gasteiger partial charge in [0.15, 0.2) is 0 Å². The van der Waals surface area contributed by atoms with E-state index in [4.69, 9.17) is 0 Å². The Morgan fingerprint density at radius 3 is 1.83 bits per heavy atom. The van der Waals surface area contributed by atoms with Gasteiger partial charge >= 0.3 is 0 Å². The summed E-state index contributed by atoms with van der Waals surface area (Å²) in [5.74, 6) is 0. The average Bonchev–Trinajstić information content (AvgIpc) is 2.95. The van der Waals surface area contributed by atoms with Crippen molar-refractivity contribution in [2.75, 3.05) is 13.1 Å². The van der Waals surface area contributed by atoms with Crippen molar-refractivity contribution in [2.45, 2.75) is 12.1 Å². The molecule has 0 unspecified atom stereocenters. The molecule has 0 spiro atoms. The summed E-state index contributed by atoms with van der Waals surface area (Å²) in [6.45, 7) is 2.33. The Morgan fingerprint density at radius 2 is 1.39 bits per heavy atom. The van der Waals surface area contributed by atoms with Crippen LogP contribution in [0.5, 0.6) is 0 Å². The predicted octanol–water partition coefficient (Wildman–Crippen LogP) is 2.48. The fourth-order valence-electron chi connectivity index (χ4n) is 2.61. The number of benzene rings is 2. The zero-order valence-electron chi connectivity index (χ0n) is 10.4. The van der Waals surface area contributed by atoms with Gasteiger partial charge in [0.05, 0.1) is 0 Å². The molecule has 1 aliphatic heterocycles. The lowest BCUT2D eigenvalue weighted by Gasteiger charge is -2.24. The molecule has 0 bridgehead atoms. The monoisotopic (exact) mass is 255 g/mol. The normalized spacial score (nSPS) is 19.3. The minimum Gasteiger partial charge on any atom is -0.316 e. The summed E-state index contributed by atoms with van der Waals surface area (Å²) in [5.41, 5.74) is 0.782. The van der Waals surface area contributed by atoms with Crippen LogP contribution in [-0.2, 0) is 0 Å². The first-order chi connectivity index (χ1) is 8.95.